The van der Waals surface area contributed by atoms with E-state index < -0.39 is 21.3 Å². The summed E-state index contributed by atoms with van der Waals surface area (Å²) >= 11 is 0. The van der Waals surface area contributed by atoms with Crippen LogP contribution in [-0.4, -0.2) is 29.7 Å². The molecule has 0 fully saturated rings. The Balaban J connectivity index is 2.02. The number of rotatable bonds is 4. The number of aryl methyl sites for hydroxylation is 1. The summed E-state index contributed by atoms with van der Waals surface area (Å²) in [6, 6.07) is 11.6. The van der Waals surface area contributed by atoms with Crippen LogP contribution in [0.2, 0.25) is 0 Å². The minimum Gasteiger partial charge on any atom is -0.307 e. The van der Waals surface area contributed by atoms with Gasteiger partial charge in [-0.1, -0.05) is 24.3 Å². The fourth-order valence-electron chi connectivity index (χ4n) is 2.60. The number of aromatic nitrogens is 2. The molecule has 2 N–H and O–H groups in total. The van der Waals surface area contributed by atoms with Crippen molar-refractivity contribution in [1.82, 2.24) is 14.3 Å². The van der Waals surface area contributed by atoms with Gasteiger partial charge in [0.25, 0.3) is 5.56 Å². The van der Waals surface area contributed by atoms with E-state index >= 15 is 0 Å². The Morgan fingerprint density at radius 3 is 2.48 bits per heavy atom. The first kappa shape index (κ1) is 17.1. The molecule has 0 aliphatic heterocycles. The summed E-state index contributed by atoms with van der Waals surface area (Å²) in [5.74, 6) is 0. The van der Waals surface area contributed by atoms with Crippen LogP contribution in [0.25, 0.3) is 10.9 Å². The van der Waals surface area contributed by atoms with Gasteiger partial charge < -0.3 is 4.98 Å². The predicted octanol–water partition coefficient (Wildman–Crippen LogP) is 1.35. The zero-order chi connectivity index (χ0) is 18.2. The summed E-state index contributed by atoms with van der Waals surface area (Å²) in [5, 5.41) is 0.116. The molecule has 130 valence electrons. The van der Waals surface area contributed by atoms with Crippen molar-refractivity contribution in [2.45, 2.75) is 18.4 Å². The fourth-order valence-corrected chi connectivity index (χ4v) is 3.77. The second kappa shape index (κ2) is 6.30. The van der Waals surface area contributed by atoms with Gasteiger partial charge in [-0.15, -0.1) is 0 Å². The third kappa shape index (κ3) is 3.26. The van der Waals surface area contributed by atoms with Crippen LogP contribution in [0, 0.1) is 6.92 Å². The summed E-state index contributed by atoms with van der Waals surface area (Å²) in [5.41, 5.74) is 0.921. The Labute approximate surface area is 144 Å². The van der Waals surface area contributed by atoms with Crippen LogP contribution in [0.3, 0.4) is 0 Å². The first-order chi connectivity index (χ1) is 11.8. The van der Waals surface area contributed by atoms with Gasteiger partial charge >= 0.3 is 5.69 Å². The zero-order valence-corrected chi connectivity index (χ0v) is 14.6. The lowest BCUT2D eigenvalue weighted by atomic mass is 10.1. The normalized spacial score (nSPS) is 12.0. The van der Waals surface area contributed by atoms with Gasteiger partial charge in [-0.3, -0.25) is 9.78 Å². The molecule has 0 amide bonds. The van der Waals surface area contributed by atoms with Gasteiger partial charge in [-0.05, 0) is 36.2 Å². The lowest BCUT2D eigenvalue weighted by molar-refractivity contribution is 0.466. The van der Waals surface area contributed by atoms with Crippen molar-refractivity contribution in [1.29, 1.82) is 0 Å². The molecule has 0 aliphatic carbocycles. The molecule has 25 heavy (non-hydrogen) atoms. The van der Waals surface area contributed by atoms with Crippen LogP contribution >= 0.6 is 0 Å². The molecular weight excluding hydrogens is 342 g/mol. The molecule has 0 bridgehead atoms. The number of nitrogens with one attached hydrogen (secondary N) is 2. The quantitative estimate of drug-likeness (QED) is 0.734. The number of hydrogen-bond donors (Lipinski definition) is 2. The number of H-pyrrole nitrogens is 2. The minimum absolute atomic E-state index is 0.00590. The molecule has 0 spiro atoms. The second-order valence-electron chi connectivity index (χ2n) is 5.80. The first-order valence-electron chi connectivity index (χ1n) is 7.56. The van der Waals surface area contributed by atoms with Crippen LogP contribution in [0.1, 0.15) is 11.1 Å². The second-order valence-corrected chi connectivity index (χ2v) is 7.85. The van der Waals surface area contributed by atoms with Crippen molar-refractivity contribution in [3.8, 4) is 0 Å². The van der Waals surface area contributed by atoms with E-state index in [-0.39, 0.29) is 22.3 Å². The summed E-state index contributed by atoms with van der Waals surface area (Å²) in [6.07, 6.45) is 0. The Kier molecular flexibility index (Phi) is 4.32. The Morgan fingerprint density at radius 2 is 1.76 bits per heavy atom. The molecule has 1 heterocycles. The van der Waals surface area contributed by atoms with Crippen LogP contribution in [0.15, 0.2) is 56.9 Å². The molecule has 0 radical (unpaired) electrons. The van der Waals surface area contributed by atoms with Gasteiger partial charge in [0.1, 0.15) is 0 Å². The Morgan fingerprint density at radius 1 is 1.04 bits per heavy atom. The SMILES string of the molecule is Cc1ccccc1CN(C)S(=O)(=O)c1ccc2[nH]c(=O)[nH]c(=O)c2c1. The molecule has 2 aromatic carbocycles. The van der Waals surface area contributed by atoms with Gasteiger partial charge in [-0.2, -0.15) is 4.31 Å². The molecule has 0 unspecified atom stereocenters. The fraction of sp³-hybridized carbons (Fsp3) is 0.176. The molecule has 0 saturated heterocycles. The molecule has 7 nitrogen and oxygen atoms in total. The third-order valence-electron chi connectivity index (χ3n) is 4.07. The maximum absolute atomic E-state index is 12.8. The van der Waals surface area contributed by atoms with E-state index in [1.807, 2.05) is 31.2 Å². The molecule has 0 aliphatic rings. The van der Waals surface area contributed by atoms with Crippen molar-refractivity contribution in [2.24, 2.45) is 0 Å². The number of fused-ring (bicyclic) bond motifs is 1. The first-order valence-corrected chi connectivity index (χ1v) is 9.00. The smallest absolute Gasteiger partial charge is 0.307 e. The topological polar surface area (TPSA) is 103 Å². The summed E-state index contributed by atoms with van der Waals surface area (Å²) in [7, 11) is -2.29. The molecule has 3 rings (SSSR count). The highest BCUT2D eigenvalue weighted by atomic mass is 32.2. The van der Waals surface area contributed by atoms with Crippen LogP contribution in [-0.2, 0) is 16.6 Å². The van der Waals surface area contributed by atoms with E-state index in [0.29, 0.717) is 0 Å². The monoisotopic (exact) mass is 359 g/mol. The van der Waals surface area contributed by atoms with Crippen molar-refractivity contribution in [2.75, 3.05) is 7.05 Å². The number of benzene rings is 2. The number of sulfonamides is 1. The van der Waals surface area contributed by atoms with E-state index in [0.717, 1.165) is 11.1 Å². The van der Waals surface area contributed by atoms with E-state index in [9.17, 15) is 18.0 Å². The minimum atomic E-state index is -3.78. The molecule has 0 saturated carbocycles. The van der Waals surface area contributed by atoms with Crippen LogP contribution < -0.4 is 11.2 Å². The van der Waals surface area contributed by atoms with E-state index in [4.69, 9.17) is 0 Å². The van der Waals surface area contributed by atoms with Gasteiger partial charge in [0, 0.05) is 13.6 Å². The van der Waals surface area contributed by atoms with Gasteiger partial charge in [-0.25, -0.2) is 13.2 Å². The molecule has 1 aromatic heterocycles. The average molecular weight is 359 g/mol. The number of nitrogens with zero attached hydrogens (tertiary/aromatic N) is 1. The maximum Gasteiger partial charge on any atom is 0.326 e. The van der Waals surface area contributed by atoms with E-state index in [1.54, 1.807) is 0 Å². The molecule has 8 heteroatoms. The lowest BCUT2D eigenvalue weighted by Crippen LogP contribution is -2.27. The van der Waals surface area contributed by atoms with Crippen molar-refractivity contribution in [3.63, 3.8) is 0 Å². The molecular formula is C17H17N3O4S. The molecule has 3 aromatic rings. The Hall–Kier alpha value is -2.71. The van der Waals surface area contributed by atoms with E-state index in [1.165, 1.54) is 29.6 Å². The standard InChI is InChI=1S/C17H17N3O4S/c1-11-5-3-4-6-12(11)10-20(2)25(23,24)13-7-8-15-14(9-13)16(21)19-17(22)18-15/h3-9H,10H2,1-2H3,(H2,18,19,21,22). The highest BCUT2D eigenvalue weighted by Gasteiger charge is 2.22. The van der Waals surface area contributed by atoms with Gasteiger partial charge in [0.15, 0.2) is 0 Å². The Bertz CT molecular complexity index is 1160. The van der Waals surface area contributed by atoms with Gasteiger partial charge in [0.05, 0.1) is 15.8 Å². The summed E-state index contributed by atoms with van der Waals surface area (Å²) in [4.78, 5) is 27.7. The lowest BCUT2D eigenvalue weighted by Gasteiger charge is -2.18. The van der Waals surface area contributed by atoms with Crippen molar-refractivity contribution in [3.05, 3.63) is 74.4 Å². The third-order valence-corrected chi connectivity index (χ3v) is 5.87. The number of aromatic amines is 2. The van der Waals surface area contributed by atoms with Crippen LogP contribution in [0.5, 0.6) is 0 Å². The zero-order valence-electron chi connectivity index (χ0n) is 13.7. The van der Waals surface area contributed by atoms with E-state index in [2.05, 4.69) is 9.97 Å². The highest BCUT2D eigenvalue weighted by Crippen LogP contribution is 2.20. The average Bonchev–Trinajstić information content (AvgIpc) is 2.56. The molecule has 0 atom stereocenters. The van der Waals surface area contributed by atoms with Gasteiger partial charge in [0.2, 0.25) is 10.0 Å². The number of hydrogen-bond acceptors (Lipinski definition) is 4. The summed E-state index contributed by atoms with van der Waals surface area (Å²) < 4.78 is 26.9. The van der Waals surface area contributed by atoms with Crippen molar-refractivity contribution >= 4 is 20.9 Å². The highest BCUT2D eigenvalue weighted by molar-refractivity contribution is 7.89. The maximum atomic E-state index is 12.8. The van der Waals surface area contributed by atoms with Crippen LogP contribution in [0.4, 0.5) is 0 Å². The summed E-state index contributed by atoms with van der Waals surface area (Å²) in [6.45, 7) is 2.14. The van der Waals surface area contributed by atoms with Crippen molar-refractivity contribution < 1.29 is 8.42 Å². The predicted molar refractivity (Wildman–Crippen MR) is 95.0 cm³/mol. The largest absolute Gasteiger partial charge is 0.326 e.